The molecule has 0 aromatic heterocycles. The number of aliphatic hydroxyl groups is 1. The molecule has 4 rings (SSSR count). The van der Waals surface area contributed by atoms with Gasteiger partial charge >= 0.3 is 0 Å². The fraction of sp³-hybridized carbons (Fsp3) is 0.500. The van der Waals surface area contributed by atoms with Gasteiger partial charge < -0.3 is 9.84 Å². The number of benzene rings is 2. The Bertz CT molecular complexity index is 915. The van der Waals surface area contributed by atoms with Gasteiger partial charge in [0.05, 0.1) is 12.7 Å². The van der Waals surface area contributed by atoms with Gasteiger partial charge in [-0.15, -0.1) is 0 Å². The summed E-state index contributed by atoms with van der Waals surface area (Å²) in [6, 6.07) is 8.60. The Morgan fingerprint density at radius 2 is 1.69 bits per heavy atom. The van der Waals surface area contributed by atoms with Crippen molar-refractivity contribution in [1.82, 2.24) is 4.90 Å². The van der Waals surface area contributed by atoms with Gasteiger partial charge in [0.2, 0.25) is 0 Å². The van der Waals surface area contributed by atoms with Crippen LogP contribution in [0.15, 0.2) is 30.3 Å². The molecule has 29 heavy (non-hydrogen) atoms. The lowest BCUT2D eigenvalue weighted by atomic mass is 9.79. The van der Waals surface area contributed by atoms with Gasteiger partial charge in [-0.1, -0.05) is 12.1 Å². The topological polar surface area (TPSA) is 32.7 Å². The van der Waals surface area contributed by atoms with Crippen molar-refractivity contribution in [1.29, 1.82) is 0 Å². The van der Waals surface area contributed by atoms with E-state index in [0.717, 1.165) is 36.3 Å². The Hall–Kier alpha value is -1.98. The lowest BCUT2D eigenvalue weighted by Gasteiger charge is -2.47. The number of methoxy groups -OCH3 is 1. The van der Waals surface area contributed by atoms with Crippen molar-refractivity contribution in [2.75, 3.05) is 7.11 Å². The maximum absolute atomic E-state index is 13.8. The highest BCUT2D eigenvalue weighted by molar-refractivity contribution is 5.45. The van der Waals surface area contributed by atoms with Crippen molar-refractivity contribution in [3.05, 3.63) is 64.2 Å². The van der Waals surface area contributed by atoms with Crippen molar-refractivity contribution >= 4 is 0 Å². The summed E-state index contributed by atoms with van der Waals surface area (Å²) >= 11 is 0. The SMILES string of the molecule is COc1ccc(C(C)N2C3CCC2CC(O)(c2ccc(F)c(F)c2)C3)c(C)c1C. The number of fused-ring (bicyclic) bond motifs is 2. The lowest BCUT2D eigenvalue weighted by Crippen LogP contribution is -2.50. The molecule has 1 N–H and O–H groups in total. The number of nitrogens with zero attached hydrogens (tertiary/aromatic N) is 1. The molecular weight excluding hydrogens is 372 g/mol. The molecule has 2 aromatic carbocycles. The number of ether oxygens (including phenoxy) is 1. The lowest BCUT2D eigenvalue weighted by molar-refractivity contribution is -0.0684. The number of rotatable bonds is 4. The third-order valence-electron chi connectivity index (χ3n) is 7.18. The maximum Gasteiger partial charge on any atom is 0.159 e. The van der Waals surface area contributed by atoms with Gasteiger partial charge in [0.15, 0.2) is 11.6 Å². The second kappa shape index (κ2) is 7.37. The third kappa shape index (κ3) is 3.34. The maximum atomic E-state index is 13.8. The number of piperidine rings is 1. The van der Waals surface area contributed by atoms with Crippen LogP contribution in [0.25, 0.3) is 0 Å². The molecule has 0 spiro atoms. The molecule has 2 heterocycles. The average Bonchev–Trinajstić information content (AvgIpc) is 2.97. The molecule has 0 aliphatic carbocycles. The highest BCUT2D eigenvalue weighted by atomic mass is 19.2. The molecule has 3 unspecified atom stereocenters. The molecule has 156 valence electrons. The minimum absolute atomic E-state index is 0.212. The van der Waals surface area contributed by atoms with Crippen LogP contribution < -0.4 is 4.74 Å². The van der Waals surface area contributed by atoms with Gasteiger partial charge in [-0.3, -0.25) is 4.90 Å². The van der Waals surface area contributed by atoms with E-state index in [-0.39, 0.29) is 18.1 Å². The first-order chi connectivity index (χ1) is 13.7. The Morgan fingerprint density at radius 1 is 1.03 bits per heavy atom. The van der Waals surface area contributed by atoms with Crippen molar-refractivity contribution in [3.63, 3.8) is 0 Å². The van der Waals surface area contributed by atoms with Gasteiger partial charge in [0.1, 0.15) is 5.75 Å². The Kier molecular flexibility index (Phi) is 5.16. The summed E-state index contributed by atoms with van der Waals surface area (Å²) in [5.41, 5.74) is 3.04. The molecule has 3 atom stereocenters. The molecule has 0 amide bonds. The molecule has 2 fully saturated rings. The minimum atomic E-state index is -1.11. The highest BCUT2D eigenvalue weighted by Gasteiger charge is 2.50. The first-order valence-corrected chi connectivity index (χ1v) is 10.3. The first kappa shape index (κ1) is 20.3. The molecule has 0 radical (unpaired) electrons. The average molecular weight is 401 g/mol. The van der Waals surface area contributed by atoms with Crippen molar-refractivity contribution < 1.29 is 18.6 Å². The van der Waals surface area contributed by atoms with Crippen LogP contribution in [0.1, 0.15) is 60.9 Å². The molecule has 2 saturated heterocycles. The van der Waals surface area contributed by atoms with E-state index in [4.69, 9.17) is 4.74 Å². The standard InChI is InChI=1S/C24H29F2NO2/c1-14-15(2)23(29-4)10-8-20(14)16(3)27-18-6-7-19(27)13-24(28,12-18)17-5-9-21(25)22(26)11-17/h5,8-11,16,18-19,28H,6-7,12-13H2,1-4H3. The van der Waals surface area contributed by atoms with Crippen LogP contribution >= 0.6 is 0 Å². The van der Waals surface area contributed by atoms with E-state index in [1.54, 1.807) is 7.11 Å². The zero-order valence-corrected chi connectivity index (χ0v) is 17.5. The minimum Gasteiger partial charge on any atom is -0.496 e. The summed E-state index contributed by atoms with van der Waals surface area (Å²) in [5, 5.41) is 11.3. The van der Waals surface area contributed by atoms with Gasteiger partial charge in [-0.05, 0) is 86.9 Å². The van der Waals surface area contributed by atoms with E-state index >= 15 is 0 Å². The normalized spacial score (nSPS) is 27.8. The summed E-state index contributed by atoms with van der Waals surface area (Å²) in [4.78, 5) is 2.52. The second-order valence-electron chi connectivity index (χ2n) is 8.68. The smallest absolute Gasteiger partial charge is 0.159 e. The Labute approximate surface area is 171 Å². The molecule has 2 aromatic rings. The summed E-state index contributed by atoms with van der Waals surface area (Å²) in [6.07, 6.45) is 3.09. The molecular formula is C24H29F2NO2. The van der Waals surface area contributed by atoms with Crippen molar-refractivity contribution in [2.45, 2.75) is 70.2 Å². The van der Waals surface area contributed by atoms with Crippen molar-refractivity contribution in [2.24, 2.45) is 0 Å². The fourth-order valence-corrected chi connectivity index (χ4v) is 5.56. The van der Waals surface area contributed by atoms with E-state index in [0.29, 0.717) is 18.4 Å². The molecule has 2 aliphatic heterocycles. The predicted molar refractivity (Wildman–Crippen MR) is 109 cm³/mol. The van der Waals surface area contributed by atoms with Gasteiger partial charge in [-0.2, -0.15) is 0 Å². The van der Waals surface area contributed by atoms with Gasteiger partial charge in [0.25, 0.3) is 0 Å². The highest BCUT2D eigenvalue weighted by Crippen LogP contribution is 2.49. The summed E-state index contributed by atoms with van der Waals surface area (Å²) in [5.74, 6) is -0.882. The molecule has 0 saturated carbocycles. The van der Waals surface area contributed by atoms with E-state index in [1.165, 1.54) is 17.2 Å². The fourth-order valence-electron chi connectivity index (χ4n) is 5.56. The van der Waals surface area contributed by atoms with Crippen LogP contribution in [0.3, 0.4) is 0 Å². The molecule has 2 bridgehead atoms. The van der Waals surface area contributed by atoms with Gasteiger partial charge in [-0.25, -0.2) is 8.78 Å². The predicted octanol–water partition coefficient (Wildman–Crippen LogP) is 5.17. The van der Waals surface area contributed by atoms with Crippen molar-refractivity contribution in [3.8, 4) is 5.75 Å². The van der Waals surface area contributed by atoms with Crippen LogP contribution in [-0.2, 0) is 5.60 Å². The Balaban J connectivity index is 1.61. The summed E-state index contributed by atoms with van der Waals surface area (Å²) in [7, 11) is 1.69. The largest absolute Gasteiger partial charge is 0.496 e. The molecule has 2 aliphatic rings. The number of hydrogen-bond acceptors (Lipinski definition) is 3. The zero-order chi connectivity index (χ0) is 20.9. The van der Waals surface area contributed by atoms with Crippen LogP contribution in [0.2, 0.25) is 0 Å². The summed E-state index contributed by atoms with van der Waals surface area (Å²) in [6.45, 7) is 6.44. The monoisotopic (exact) mass is 401 g/mol. The molecule has 3 nitrogen and oxygen atoms in total. The third-order valence-corrected chi connectivity index (χ3v) is 7.18. The van der Waals surface area contributed by atoms with Crippen LogP contribution in [0, 0.1) is 25.5 Å². The number of halogens is 2. The van der Waals surface area contributed by atoms with E-state index in [9.17, 15) is 13.9 Å². The van der Waals surface area contributed by atoms with E-state index in [1.807, 2.05) is 6.07 Å². The van der Waals surface area contributed by atoms with Crippen LogP contribution in [0.5, 0.6) is 5.75 Å². The molecule has 5 heteroatoms. The van der Waals surface area contributed by atoms with Gasteiger partial charge in [0, 0.05) is 18.1 Å². The van der Waals surface area contributed by atoms with E-state index in [2.05, 4.69) is 31.7 Å². The quantitative estimate of drug-likeness (QED) is 0.768. The first-order valence-electron chi connectivity index (χ1n) is 10.3. The Morgan fingerprint density at radius 3 is 2.28 bits per heavy atom. The summed E-state index contributed by atoms with van der Waals surface area (Å²) < 4.78 is 32.6. The zero-order valence-electron chi connectivity index (χ0n) is 17.5. The van der Waals surface area contributed by atoms with E-state index < -0.39 is 17.2 Å². The van der Waals surface area contributed by atoms with Crippen LogP contribution in [-0.4, -0.2) is 29.2 Å². The number of hydrogen-bond donors (Lipinski definition) is 1. The van der Waals surface area contributed by atoms with Crippen LogP contribution in [0.4, 0.5) is 8.78 Å². The second-order valence-corrected chi connectivity index (χ2v) is 8.68.